The molecule has 0 saturated heterocycles. The highest BCUT2D eigenvalue weighted by Crippen LogP contribution is 2.36. The summed E-state index contributed by atoms with van der Waals surface area (Å²) in [6, 6.07) is 6.90. The minimum Gasteiger partial charge on any atom is -0.744 e. The first-order valence-electron chi connectivity index (χ1n) is 5.77. The van der Waals surface area contributed by atoms with Crippen LogP contribution in [0.15, 0.2) is 35.2 Å². The Labute approximate surface area is 120 Å². The van der Waals surface area contributed by atoms with Crippen LogP contribution >= 0.6 is 0 Å². The fourth-order valence-electron chi connectivity index (χ4n) is 2.49. The summed E-state index contributed by atoms with van der Waals surface area (Å²) in [7, 11) is -9.09. The Morgan fingerprint density at radius 2 is 1.76 bits per heavy atom. The summed E-state index contributed by atoms with van der Waals surface area (Å²) < 4.78 is 66.0. The Morgan fingerprint density at radius 1 is 1.05 bits per heavy atom. The molecule has 0 aromatic heterocycles. The van der Waals surface area contributed by atoms with Crippen molar-refractivity contribution in [2.75, 3.05) is 0 Å². The first-order valence-corrected chi connectivity index (χ1v) is 8.68. The van der Waals surface area contributed by atoms with Crippen LogP contribution in [0, 0.1) is 0 Å². The molecule has 2 N–H and O–H groups in total. The van der Waals surface area contributed by atoms with Gasteiger partial charge in [-0.15, -0.1) is 0 Å². The topological polar surface area (TPSA) is 126 Å². The van der Waals surface area contributed by atoms with E-state index in [1.807, 2.05) is 0 Å². The maximum absolute atomic E-state index is 11.4. The van der Waals surface area contributed by atoms with Crippen molar-refractivity contribution in [3.05, 3.63) is 35.9 Å². The van der Waals surface area contributed by atoms with Gasteiger partial charge in [-0.1, -0.05) is 12.1 Å². The molecule has 1 unspecified atom stereocenters. The van der Waals surface area contributed by atoms with E-state index in [9.17, 15) is 25.9 Å². The zero-order valence-corrected chi connectivity index (χ0v) is 12.0. The normalized spacial score (nSPS) is 18.1. The smallest absolute Gasteiger partial charge is 0.281 e. The van der Waals surface area contributed by atoms with Gasteiger partial charge >= 0.3 is 0 Å². The van der Waals surface area contributed by atoms with E-state index >= 15 is 0 Å². The molecule has 1 atom stereocenters. The monoisotopic (exact) mass is 327 g/mol. The van der Waals surface area contributed by atoms with E-state index in [1.54, 1.807) is 0 Å². The van der Waals surface area contributed by atoms with E-state index in [0.29, 0.717) is 5.69 Å². The number of fused-ring (bicyclic) bond motifs is 3. The molecule has 1 aliphatic heterocycles. The summed E-state index contributed by atoms with van der Waals surface area (Å²) in [5.41, 5.74) is 0.658. The molecule has 0 aliphatic carbocycles. The summed E-state index contributed by atoms with van der Waals surface area (Å²) in [6.45, 7) is 0. The fraction of sp³-hybridized carbons (Fsp3) is 0.0833. The minimum atomic E-state index is -4.69. The zero-order chi connectivity index (χ0) is 15.4. The maximum Gasteiger partial charge on any atom is 0.281 e. The van der Waals surface area contributed by atoms with Gasteiger partial charge in [0, 0.05) is 11.5 Å². The minimum absolute atomic E-state index is 0.122. The van der Waals surface area contributed by atoms with Gasteiger partial charge in [-0.25, -0.2) is 13.4 Å². The first-order chi connectivity index (χ1) is 9.69. The van der Waals surface area contributed by atoms with Crippen LogP contribution in [0.2, 0.25) is 0 Å². The molecule has 3 rings (SSSR count). The van der Waals surface area contributed by atoms with Crippen molar-refractivity contribution in [3.63, 3.8) is 0 Å². The number of hydrogen-bond acceptors (Lipinski definition) is 5. The molecule has 2 aromatic carbocycles. The Bertz CT molecular complexity index is 992. The Hall–Kier alpha value is -1.81. The van der Waals surface area contributed by atoms with Crippen LogP contribution in [-0.4, -0.2) is 32.2 Å². The zero-order valence-electron chi connectivity index (χ0n) is 10.3. The standard InChI is InChI=1S/C12H9NO6S2/c14-20(15,16)10-3-1-2-8-7(10)4-5-9-12(8)11(6-13-9)21(17,18)19/h1-6,11H,(H,14,15,16)(H,17,18,19). The highest BCUT2D eigenvalue weighted by molar-refractivity contribution is 7.86. The van der Waals surface area contributed by atoms with Crippen molar-refractivity contribution in [1.82, 2.24) is 0 Å². The van der Waals surface area contributed by atoms with Gasteiger partial charge in [0.15, 0.2) is 11.5 Å². The number of benzene rings is 2. The van der Waals surface area contributed by atoms with Gasteiger partial charge in [0.2, 0.25) is 5.69 Å². The van der Waals surface area contributed by atoms with E-state index in [0.717, 1.165) is 6.07 Å². The van der Waals surface area contributed by atoms with E-state index in [4.69, 9.17) is 0 Å². The molecule has 0 radical (unpaired) electrons. The van der Waals surface area contributed by atoms with Gasteiger partial charge in [0.1, 0.15) is 10.1 Å². The molecular formula is C12H9NO6S2. The summed E-state index contributed by atoms with van der Waals surface area (Å²) in [6.07, 6.45) is 1.19. The Balaban J connectivity index is 2.43. The highest BCUT2D eigenvalue weighted by Gasteiger charge is 2.36. The van der Waals surface area contributed by atoms with Crippen molar-refractivity contribution in [3.8, 4) is 0 Å². The predicted octanol–water partition coefficient (Wildman–Crippen LogP) is -0.531. The molecule has 9 heteroatoms. The van der Waals surface area contributed by atoms with Crippen LogP contribution < -0.4 is 4.99 Å². The molecule has 1 heterocycles. The lowest BCUT2D eigenvalue weighted by Crippen LogP contribution is -2.59. The van der Waals surface area contributed by atoms with Crippen LogP contribution in [0.5, 0.6) is 0 Å². The van der Waals surface area contributed by atoms with Crippen LogP contribution in [0.3, 0.4) is 0 Å². The second kappa shape index (κ2) is 4.34. The molecule has 2 aromatic rings. The van der Waals surface area contributed by atoms with Crippen LogP contribution in [-0.2, 0) is 20.2 Å². The van der Waals surface area contributed by atoms with Gasteiger partial charge in [-0.2, -0.15) is 8.42 Å². The molecule has 0 spiro atoms. The van der Waals surface area contributed by atoms with Crippen molar-refractivity contribution in [2.24, 2.45) is 0 Å². The van der Waals surface area contributed by atoms with E-state index in [-0.39, 0.29) is 16.3 Å². The molecule has 0 saturated carbocycles. The molecule has 0 amide bonds. The highest BCUT2D eigenvalue weighted by atomic mass is 32.2. The Morgan fingerprint density at radius 3 is 2.38 bits per heavy atom. The number of rotatable bonds is 2. The van der Waals surface area contributed by atoms with Crippen LogP contribution in [0.4, 0.5) is 5.69 Å². The molecule has 0 bridgehead atoms. The van der Waals surface area contributed by atoms with Crippen molar-refractivity contribution < 1.29 is 30.9 Å². The second-order valence-corrected chi connectivity index (χ2v) is 7.46. The third-order valence-corrected chi connectivity index (χ3v) is 5.24. The maximum atomic E-state index is 11.4. The molecule has 7 nitrogen and oxygen atoms in total. The molecular weight excluding hydrogens is 318 g/mol. The van der Waals surface area contributed by atoms with Gasteiger partial charge in [-0.05, 0) is 17.5 Å². The predicted molar refractivity (Wildman–Crippen MR) is 72.9 cm³/mol. The van der Waals surface area contributed by atoms with Crippen LogP contribution in [0.1, 0.15) is 10.8 Å². The third-order valence-electron chi connectivity index (χ3n) is 3.33. The summed E-state index contributed by atoms with van der Waals surface area (Å²) in [5.74, 6) is 0. The number of nitrogens with one attached hydrogen (secondary N) is 1. The van der Waals surface area contributed by atoms with Gasteiger partial charge < -0.3 is 4.55 Å². The van der Waals surface area contributed by atoms with Crippen molar-refractivity contribution in [2.45, 2.75) is 10.1 Å². The average Bonchev–Trinajstić information content (AvgIpc) is 2.80. The van der Waals surface area contributed by atoms with E-state index < -0.39 is 30.4 Å². The molecule has 1 aliphatic rings. The summed E-state index contributed by atoms with van der Waals surface area (Å²) in [4.78, 5) is 2.29. The number of hydrogen-bond donors (Lipinski definition) is 2. The van der Waals surface area contributed by atoms with Crippen molar-refractivity contribution >= 4 is 42.9 Å². The molecule has 110 valence electrons. The average molecular weight is 327 g/mol. The van der Waals surface area contributed by atoms with E-state index in [2.05, 4.69) is 4.99 Å². The van der Waals surface area contributed by atoms with E-state index in [1.165, 1.54) is 30.5 Å². The van der Waals surface area contributed by atoms with Crippen molar-refractivity contribution in [1.29, 1.82) is 0 Å². The fourth-order valence-corrected chi connectivity index (χ4v) is 3.97. The first kappa shape index (κ1) is 14.1. The largest absolute Gasteiger partial charge is 0.744 e. The molecule has 0 fully saturated rings. The Kier molecular flexibility index (Phi) is 2.92. The lowest BCUT2D eigenvalue weighted by atomic mass is 10.0. The van der Waals surface area contributed by atoms with Gasteiger partial charge in [0.05, 0.1) is 10.5 Å². The molecule has 21 heavy (non-hydrogen) atoms. The SMILES string of the molecule is O=S(=O)([O-])c1cccc2c3c(ccc12)[NH+]=CC3S(=O)(=O)O. The quantitative estimate of drug-likeness (QED) is 0.714. The summed E-state index contributed by atoms with van der Waals surface area (Å²) in [5, 5.41) is -0.911. The third kappa shape index (κ3) is 2.23. The lowest BCUT2D eigenvalue weighted by Gasteiger charge is -2.12. The van der Waals surface area contributed by atoms with Gasteiger partial charge in [0.25, 0.3) is 10.1 Å². The summed E-state index contributed by atoms with van der Waals surface area (Å²) >= 11 is 0. The second-order valence-electron chi connectivity index (χ2n) is 4.58. The van der Waals surface area contributed by atoms with Gasteiger partial charge in [-0.3, -0.25) is 4.55 Å². The lowest BCUT2D eigenvalue weighted by molar-refractivity contribution is -0.343. The van der Waals surface area contributed by atoms with Crippen LogP contribution in [0.25, 0.3) is 10.8 Å².